The molecule has 0 bridgehead atoms. The van der Waals surface area contributed by atoms with Gasteiger partial charge in [-0.1, -0.05) is 0 Å². The number of piperidine rings is 1. The Morgan fingerprint density at radius 2 is 1.79 bits per heavy atom. The third kappa shape index (κ3) is 6.93. The summed E-state index contributed by atoms with van der Waals surface area (Å²) in [4.78, 5) is 49.4. The second kappa shape index (κ2) is 12.6. The van der Waals surface area contributed by atoms with Crippen LogP contribution in [0.15, 0.2) is 31.1 Å². The zero-order valence-electron chi connectivity index (χ0n) is 19.1. The SMILES string of the molecule is COC(=O)c1c(F)cncc1N1CCC(CNC(=O)CCCCNC(=O)c2cncnc2)CC1. The molecule has 0 saturated carbocycles. The van der Waals surface area contributed by atoms with Gasteiger partial charge in [-0.3, -0.25) is 14.6 Å². The minimum absolute atomic E-state index is 0.0208. The highest BCUT2D eigenvalue weighted by Gasteiger charge is 2.26. The van der Waals surface area contributed by atoms with Gasteiger partial charge in [-0.05, 0) is 31.6 Å². The summed E-state index contributed by atoms with van der Waals surface area (Å²) < 4.78 is 18.8. The highest BCUT2D eigenvalue weighted by atomic mass is 19.1. The number of halogens is 1. The predicted molar refractivity (Wildman–Crippen MR) is 122 cm³/mol. The Kier molecular flexibility index (Phi) is 9.24. The Labute approximate surface area is 197 Å². The lowest BCUT2D eigenvalue weighted by Crippen LogP contribution is -2.39. The summed E-state index contributed by atoms with van der Waals surface area (Å²) in [6.07, 6.45) is 10.1. The Hall–Kier alpha value is -3.63. The first-order valence-electron chi connectivity index (χ1n) is 11.3. The second-order valence-corrected chi connectivity index (χ2v) is 8.08. The fraction of sp³-hybridized carbons (Fsp3) is 0.478. The van der Waals surface area contributed by atoms with Gasteiger partial charge in [0.15, 0.2) is 5.82 Å². The van der Waals surface area contributed by atoms with Crippen LogP contribution in [-0.4, -0.2) is 66.0 Å². The molecule has 3 heterocycles. The highest BCUT2D eigenvalue weighted by Crippen LogP contribution is 2.27. The second-order valence-electron chi connectivity index (χ2n) is 8.08. The van der Waals surface area contributed by atoms with Gasteiger partial charge >= 0.3 is 5.97 Å². The molecule has 0 spiro atoms. The summed E-state index contributed by atoms with van der Waals surface area (Å²) in [6.45, 7) is 2.30. The molecule has 0 radical (unpaired) electrons. The number of carbonyl (C=O) groups excluding carboxylic acids is 3. The molecular weight excluding hydrogens is 443 g/mol. The van der Waals surface area contributed by atoms with Crippen LogP contribution in [0.3, 0.4) is 0 Å². The first-order valence-corrected chi connectivity index (χ1v) is 11.3. The number of nitrogens with zero attached hydrogens (tertiary/aromatic N) is 4. The van der Waals surface area contributed by atoms with E-state index in [-0.39, 0.29) is 17.4 Å². The molecule has 34 heavy (non-hydrogen) atoms. The van der Waals surface area contributed by atoms with Crippen molar-refractivity contribution in [2.75, 3.05) is 38.2 Å². The average molecular weight is 473 g/mol. The van der Waals surface area contributed by atoms with Crippen LogP contribution < -0.4 is 15.5 Å². The molecule has 1 aliphatic rings. The Morgan fingerprint density at radius 1 is 1.06 bits per heavy atom. The first-order chi connectivity index (χ1) is 16.5. The molecule has 2 aromatic heterocycles. The van der Waals surface area contributed by atoms with Crippen molar-refractivity contribution in [2.24, 2.45) is 5.92 Å². The van der Waals surface area contributed by atoms with E-state index in [1.165, 1.54) is 32.0 Å². The predicted octanol–water partition coefficient (Wildman–Crippen LogP) is 1.73. The first kappa shape index (κ1) is 25.0. The summed E-state index contributed by atoms with van der Waals surface area (Å²) in [7, 11) is 1.22. The Balaban J connectivity index is 1.33. The molecule has 0 unspecified atom stereocenters. The van der Waals surface area contributed by atoms with Gasteiger partial charge in [-0.25, -0.2) is 19.2 Å². The van der Waals surface area contributed by atoms with Crippen molar-refractivity contribution in [1.29, 1.82) is 0 Å². The van der Waals surface area contributed by atoms with Crippen LogP contribution in [0.4, 0.5) is 10.1 Å². The Morgan fingerprint density at radius 3 is 2.50 bits per heavy atom. The fourth-order valence-electron chi connectivity index (χ4n) is 3.82. The van der Waals surface area contributed by atoms with Gasteiger partial charge in [0, 0.05) is 45.0 Å². The van der Waals surface area contributed by atoms with Crippen molar-refractivity contribution >= 4 is 23.5 Å². The molecule has 1 saturated heterocycles. The third-order valence-corrected chi connectivity index (χ3v) is 5.75. The largest absolute Gasteiger partial charge is 0.465 e. The van der Waals surface area contributed by atoms with E-state index < -0.39 is 11.8 Å². The van der Waals surface area contributed by atoms with Crippen molar-refractivity contribution in [1.82, 2.24) is 25.6 Å². The number of nitrogens with one attached hydrogen (secondary N) is 2. The van der Waals surface area contributed by atoms with Crippen molar-refractivity contribution in [2.45, 2.75) is 32.1 Å². The number of carbonyl (C=O) groups is 3. The molecule has 2 N–H and O–H groups in total. The van der Waals surface area contributed by atoms with Gasteiger partial charge in [0.2, 0.25) is 5.91 Å². The van der Waals surface area contributed by atoms with Gasteiger partial charge in [0.05, 0.1) is 30.8 Å². The van der Waals surface area contributed by atoms with Crippen molar-refractivity contribution in [3.05, 3.63) is 48.1 Å². The molecule has 0 aromatic carbocycles. The van der Waals surface area contributed by atoms with Crippen LogP contribution in [0.1, 0.15) is 52.8 Å². The number of hydrogen-bond acceptors (Lipinski definition) is 8. The number of pyridine rings is 1. The van der Waals surface area contributed by atoms with Crippen molar-refractivity contribution in [3.63, 3.8) is 0 Å². The number of anilines is 1. The topological polar surface area (TPSA) is 126 Å². The van der Waals surface area contributed by atoms with E-state index in [9.17, 15) is 18.8 Å². The van der Waals surface area contributed by atoms with Crippen molar-refractivity contribution < 1.29 is 23.5 Å². The van der Waals surface area contributed by atoms with Crippen LogP contribution >= 0.6 is 0 Å². The standard InChI is InChI=1S/C23H29FN6O4/c1-34-23(33)21-18(24)13-25-14-19(21)30-8-5-16(6-9-30)10-29-20(31)4-2-3-7-28-22(32)17-11-26-15-27-12-17/h11-16H,2-10H2,1H3,(H,28,32)(H,29,31). The van der Waals surface area contributed by atoms with Gasteiger partial charge in [0.25, 0.3) is 5.91 Å². The maximum absolute atomic E-state index is 14.1. The minimum Gasteiger partial charge on any atom is -0.465 e. The molecule has 1 aliphatic heterocycles. The minimum atomic E-state index is -0.724. The number of rotatable bonds is 10. The normalized spacial score (nSPS) is 13.9. The van der Waals surface area contributed by atoms with Gasteiger partial charge in [-0.15, -0.1) is 0 Å². The van der Waals surface area contributed by atoms with E-state index in [0.29, 0.717) is 62.6 Å². The van der Waals surface area contributed by atoms with E-state index in [4.69, 9.17) is 4.74 Å². The zero-order valence-corrected chi connectivity index (χ0v) is 19.1. The summed E-state index contributed by atoms with van der Waals surface area (Å²) in [6, 6.07) is 0. The molecule has 0 aliphatic carbocycles. The van der Waals surface area contributed by atoms with Crippen molar-refractivity contribution in [3.8, 4) is 0 Å². The van der Waals surface area contributed by atoms with E-state index in [1.807, 2.05) is 4.90 Å². The van der Waals surface area contributed by atoms with Gasteiger partial charge in [-0.2, -0.15) is 0 Å². The van der Waals surface area contributed by atoms with Crippen LogP contribution in [-0.2, 0) is 9.53 Å². The molecular formula is C23H29FN6O4. The van der Waals surface area contributed by atoms with Crippen LogP contribution in [0.5, 0.6) is 0 Å². The number of amides is 2. The Bertz CT molecular complexity index is 983. The lowest BCUT2D eigenvalue weighted by molar-refractivity contribution is -0.121. The molecule has 11 heteroatoms. The van der Waals surface area contributed by atoms with E-state index in [0.717, 1.165) is 19.0 Å². The highest BCUT2D eigenvalue weighted by molar-refractivity contribution is 5.96. The molecule has 2 aromatic rings. The number of esters is 1. The molecule has 0 atom stereocenters. The summed E-state index contributed by atoms with van der Waals surface area (Å²) in [5.74, 6) is -1.38. The molecule has 3 rings (SSSR count). The van der Waals surface area contributed by atoms with Gasteiger partial charge in [0.1, 0.15) is 11.9 Å². The smallest absolute Gasteiger partial charge is 0.343 e. The number of hydrogen-bond donors (Lipinski definition) is 2. The number of ether oxygens (including phenoxy) is 1. The van der Waals surface area contributed by atoms with Crippen LogP contribution in [0.2, 0.25) is 0 Å². The maximum atomic E-state index is 14.1. The molecule has 10 nitrogen and oxygen atoms in total. The molecule has 182 valence electrons. The van der Waals surface area contributed by atoms with Crippen LogP contribution in [0, 0.1) is 11.7 Å². The van der Waals surface area contributed by atoms with E-state index in [2.05, 4.69) is 25.6 Å². The average Bonchev–Trinajstić information content (AvgIpc) is 2.87. The lowest BCUT2D eigenvalue weighted by atomic mass is 9.96. The molecule has 2 amide bonds. The number of unbranched alkanes of at least 4 members (excludes halogenated alkanes) is 1. The zero-order chi connectivity index (χ0) is 24.3. The molecule has 1 fully saturated rings. The van der Waals surface area contributed by atoms with E-state index >= 15 is 0 Å². The van der Waals surface area contributed by atoms with E-state index in [1.54, 1.807) is 0 Å². The third-order valence-electron chi connectivity index (χ3n) is 5.75. The van der Waals surface area contributed by atoms with Crippen LogP contribution in [0.25, 0.3) is 0 Å². The quantitative estimate of drug-likeness (QED) is 0.396. The number of methoxy groups -OCH3 is 1. The maximum Gasteiger partial charge on any atom is 0.343 e. The number of aromatic nitrogens is 3. The monoisotopic (exact) mass is 472 g/mol. The summed E-state index contributed by atoms with van der Waals surface area (Å²) >= 11 is 0. The van der Waals surface area contributed by atoms with Gasteiger partial charge < -0.3 is 20.3 Å². The summed E-state index contributed by atoms with van der Waals surface area (Å²) in [5.41, 5.74) is 0.736. The summed E-state index contributed by atoms with van der Waals surface area (Å²) in [5, 5.41) is 5.75. The fourth-order valence-corrected chi connectivity index (χ4v) is 3.82. The lowest BCUT2D eigenvalue weighted by Gasteiger charge is -2.34.